The van der Waals surface area contributed by atoms with Crippen LogP contribution in [0, 0.1) is 11.6 Å². The van der Waals surface area contributed by atoms with E-state index in [1.165, 1.54) is 0 Å². The summed E-state index contributed by atoms with van der Waals surface area (Å²) in [6.07, 6.45) is 2.83. The number of thioether (sulfide) groups is 1. The molecule has 0 radical (unpaired) electrons. The molecule has 2 bridgehead atoms. The van der Waals surface area contributed by atoms with E-state index in [2.05, 4.69) is 31.2 Å². The molecule has 0 saturated carbocycles. The van der Waals surface area contributed by atoms with Crippen LogP contribution in [0.5, 0.6) is 5.75 Å². The number of piperazine rings is 1. The second-order valence-electron chi connectivity index (χ2n) is 9.08. The lowest BCUT2D eigenvalue weighted by Crippen LogP contribution is -2.61. The van der Waals surface area contributed by atoms with Gasteiger partial charge in [-0.05, 0) is 55.8 Å². The summed E-state index contributed by atoms with van der Waals surface area (Å²) in [5.41, 5.74) is -1.60. The van der Waals surface area contributed by atoms with Crippen LogP contribution in [0.3, 0.4) is 0 Å². The molecule has 33 heavy (non-hydrogen) atoms. The average Bonchev–Trinajstić information content (AvgIpc) is 3.06. The summed E-state index contributed by atoms with van der Waals surface area (Å²) in [5.74, 6) is -2.37. The van der Waals surface area contributed by atoms with Crippen molar-refractivity contribution in [3.8, 4) is 5.75 Å². The third-order valence-electron chi connectivity index (χ3n) is 5.75. The summed E-state index contributed by atoms with van der Waals surface area (Å²) < 4.78 is 40.6. The number of amides is 1. The first-order valence-electron chi connectivity index (χ1n) is 10.5. The molecule has 2 saturated heterocycles. The molecule has 12 heteroatoms. The predicted molar refractivity (Wildman–Crippen MR) is 124 cm³/mol. The number of nitrogens with one attached hydrogen (secondary N) is 2. The molecule has 1 amide bonds. The van der Waals surface area contributed by atoms with Crippen molar-refractivity contribution >= 4 is 44.7 Å². The van der Waals surface area contributed by atoms with Crippen LogP contribution in [-0.2, 0) is 4.74 Å². The molecule has 3 atom stereocenters. The molecule has 4 rings (SSSR count). The van der Waals surface area contributed by atoms with Gasteiger partial charge in [-0.1, -0.05) is 11.8 Å². The van der Waals surface area contributed by atoms with Crippen LogP contribution in [0.1, 0.15) is 33.6 Å². The number of ether oxygens (including phenoxy) is 2. The van der Waals surface area contributed by atoms with Gasteiger partial charge in [-0.2, -0.15) is 0 Å². The van der Waals surface area contributed by atoms with Gasteiger partial charge in [0.05, 0.1) is 16.6 Å². The molecule has 2 aliphatic rings. The minimum atomic E-state index is -1.02. The van der Waals surface area contributed by atoms with Crippen molar-refractivity contribution in [2.45, 2.75) is 62.5 Å². The highest BCUT2D eigenvalue weighted by atomic mass is 79.9. The van der Waals surface area contributed by atoms with E-state index in [0.717, 1.165) is 24.6 Å². The molecule has 1 aromatic heterocycles. The number of carbonyl (C=O) groups is 1. The first-order valence-corrected chi connectivity index (χ1v) is 12.6. The fraction of sp³-hybridized carbons (Fsp3) is 0.571. The van der Waals surface area contributed by atoms with Gasteiger partial charge >= 0.3 is 6.09 Å². The summed E-state index contributed by atoms with van der Waals surface area (Å²) in [4.78, 5) is 33.7. The molecule has 1 unspecified atom stereocenters. The highest BCUT2D eigenvalue weighted by molar-refractivity contribution is 9.10. The molecule has 8 nitrogen and oxygen atoms in total. The molecule has 0 aliphatic carbocycles. The Balaban J connectivity index is 1.62. The Labute approximate surface area is 201 Å². The van der Waals surface area contributed by atoms with Crippen LogP contribution in [-0.4, -0.2) is 64.1 Å². The van der Waals surface area contributed by atoms with E-state index in [4.69, 9.17) is 9.47 Å². The van der Waals surface area contributed by atoms with Gasteiger partial charge in [-0.25, -0.2) is 18.6 Å². The lowest BCUT2D eigenvalue weighted by molar-refractivity contribution is 0.00114. The number of aromatic amines is 1. The SMILES string of the molecule is CSc1nc2c(F)c(Br)c(F)c(OCC3NC[C@@H]4CC[C@H]3N4C(=O)OC(C)(C)C)c2c(=O)[nH]1. The monoisotopic (exact) mass is 546 g/mol. The van der Waals surface area contributed by atoms with E-state index >= 15 is 0 Å². The van der Waals surface area contributed by atoms with Crippen LogP contribution < -0.4 is 15.6 Å². The summed E-state index contributed by atoms with van der Waals surface area (Å²) >= 11 is 4.03. The zero-order chi connectivity index (χ0) is 24.1. The standard InChI is InChI=1S/C21H25BrF2N4O4S/c1-21(2,3)32-20(30)28-9-5-6-11(28)10(25-7-9)8-31-17-12-16(14(23)13(22)15(17)24)26-19(33-4)27-18(12)29/h9-11,25H,5-8H2,1-4H3,(H,26,27,29)/t9-,10?,11+/m0/s1. The number of rotatable bonds is 4. The molecular formula is C21H25BrF2N4O4S. The number of hydrogen-bond donors (Lipinski definition) is 2. The summed E-state index contributed by atoms with van der Waals surface area (Å²) in [7, 11) is 0. The van der Waals surface area contributed by atoms with E-state index in [0.29, 0.717) is 6.54 Å². The molecule has 0 spiro atoms. The third-order valence-corrected chi connectivity index (χ3v) is 7.03. The van der Waals surface area contributed by atoms with E-state index in [9.17, 15) is 18.4 Å². The molecular weight excluding hydrogens is 522 g/mol. The van der Waals surface area contributed by atoms with Crippen molar-refractivity contribution in [3.05, 3.63) is 26.5 Å². The Bertz CT molecular complexity index is 1160. The number of hydrogen-bond acceptors (Lipinski definition) is 7. The summed E-state index contributed by atoms with van der Waals surface area (Å²) in [5, 5.41) is 3.25. The summed E-state index contributed by atoms with van der Waals surface area (Å²) in [6.45, 7) is 5.93. The molecule has 2 N–H and O–H groups in total. The Kier molecular flexibility index (Phi) is 6.62. The number of fused-ring (bicyclic) bond motifs is 3. The molecule has 2 aromatic rings. The van der Waals surface area contributed by atoms with E-state index in [1.807, 2.05) is 20.8 Å². The van der Waals surface area contributed by atoms with Crippen LogP contribution in [0.2, 0.25) is 0 Å². The highest BCUT2D eigenvalue weighted by Crippen LogP contribution is 2.36. The van der Waals surface area contributed by atoms with Crippen molar-refractivity contribution in [3.63, 3.8) is 0 Å². The number of halogens is 3. The highest BCUT2D eigenvalue weighted by Gasteiger charge is 2.46. The second kappa shape index (κ2) is 9.03. The van der Waals surface area contributed by atoms with Gasteiger partial charge in [0, 0.05) is 12.6 Å². The number of H-pyrrole nitrogens is 1. The lowest BCUT2D eigenvalue weighted by Gasteiger charge is -2.41. The smallest absolute Gasteiger partial charge is 0.410 e. The quantitative estimate of drug-likeness (QED) is 0.342. The van der Waals surface area contributed by atoms with Gasteiger partial charge in [-0.3, -0.25) is 9.69 Å². The van der Waals surface area contributed by atoms with E-state index < -0.39 is 33.4 Å². The zero-order valence-corrected chi connectivity index (χ0v) is 21.0. The topological polar surface area (TPSA) is 96.5 Å². The van der Waals surface area contributed by atoms with Gasteiger partial charge in [0.2, 0.25) is 0 Å². The van der Waals surface area contributed by atoms with Crippen LogP contribution >= 0.6 is 27.7 Å². The maximum Gasteiger partial charge on any atom is 0.410 e. The zero-order valence-electron chi connectivity index (χ0n) is 18.6. The van der Waals surface area contributed by atoms with Crippen molar-refractivity contribution < 1.29 is 23.0 Å². The Morgan fingerprint density at radius 1 is 1.30 bits per heavy atom. The predicted octanol–water partition coefficient (Wildman–Crippen LogP) is 3.80. The number of carbonyl (C=O) groups excluding carboxylic acids is 1. The largest absolute Gasteiger partial charge is 0.488 e. The molecule has 3 heterocycles. The van der Waals surface area contributed by atoms with Crippen LogP contribution in [0.4, 0.5) is 13.6 Å². The normalized spacial score (nSPS) is 22.6. The minimum absolute atomic E-state index is 0.00985. The number of nitrogens with zero attached hydrogens (tertiary/aromatic N) is 2. The second-order valence-corrected chi connectivity index (χ2v) is 10.7. The van der Waals surface area contributed by atoms with Crippen LogP contribution in [0.15, 0.2) is 14.4 Å². The molecule has 2 fully saturated rings. The van der Waals surface area contributed by atoms with Gasteiger partial charge < -0.3 is 19.8 Å². The van der Waals surface area contributed by atoms with Crippen molar-refractivity contribution in [1.82, 2.24) is 20.2 Å². The van der Waals surface area contributed by atoms with Crippen molar-refractivity contribution in [2.24, 2.45) is 0 Å². The minimum Gasteiger partial charge on any atom is -0.488 e. The lowest BCUT2D eigenvalue weighted by atomic mass is 10.1. The number of benzene rings is 1. The third kappa shape index (κ3) is 4.57. The first-order chi connectivity index (χ1) is 15.5. The van der Waals surface area contributed by atoms with Gasteiger partial charge in [0.25, 0.3) is 5.56 Å². The maximum atomic E-state index is 15.0. The summed E-state index contributed by atoms with van der Waals surface area (Å²) in [6, 6.07) is -0.529. The average molecular weight is 547 g/mol. The van der Waals surface area contributed by atoms with Crippen molar-refractivity contribution in [1.29, 1.82) is 0 Å². The fourth-order valence-electron chi connectivity index (χ4n) is 4.34. The maximum absolute atomic E-state index is 15.0. The van der Waals surface area contributed by atoms with Gasteiger partial charge in [0.1, 0.15) is 23.1 Å². The molecule has 180 valence electrons. The van der Waals surface area contributed by atoms with E-state index in [1.54, 1.807) is 11.2 Å². The van der Waals surface area contributed by atoms with E-state index in [-0.39, 0.29) is 46.5 Å². The Hall–Kier alpha value is -1.92. The van der Waals surface area contributed by atoms with Crippen molar-refractivity contribution in [2.75, 3.05) is 19.4 Å². The van der Waals surface area contributed by atoms with Crippen LogP contribution in [0.25, 0.3) is 10.9 Å². The first kappa shape index (κ1) is 24.2. The Morgan fingerprint density at radius 3 is 2.70 bits per heavy atom. The molecule has 1 aromatic carbocycles. The molecule has 2 aliphatic heterocycles. The fourth-order valence-corrected chi connectivity index (χ4v) is 5.08. The van der Waals surface area contributed by atoms with Gasteiger partial charge in [-0.15, -0.1) is 0 Å². The number of aromatic nitrogens is 2. The Morgan fingerprint density at radius 2 is 2.03 bits per heavy atom. The van der Waals surface area contributed by atoms with Gasteiger partial charge in [0.15, 0.2) is 22.5 Å².